The van der Waals surface area contributed by atoms with E-state index < -0.39 is 11.6 Å². The van der Waals surface area contributed by atoms with Crippen molar-refractivity contribution in [2.75, 3.05) is 0 Å². The van der Waals surface area contributed by atoms with E-state index >= 15 is 0 Å². The Hall–Kier alpha value is -0.0300. The summed E-state index contributed by atoms with van der Waals surface area (Å²) in [6.07, 6.45) is 0. The summed E-state index contributed by atoms with van der Waals surface area (Å²) >= 11 is 7.34. The highest BCUT2D eigenvalue weighted by Gasteiger charge is 2.05. The average molecular weight is 272 g/mol. The van der Waals surface area contributed by atoms with Crippen LogP contribution in [-0.2, 0) is 0 Å². The first-order valence-electron chi connectivity index (χ1n) is 2.45. The van der Waals surface area contributed by atoms with Gasteiger partial charge in [0.2, 0.25) is 0 Å². The van der Waals surface area contributed by atoms with Crippen molar-refractivity contribution in [1.82, 2.24) is 0 Å². The maximum Gasteiger partial charge on any atom is 0.170 e. The Morgan fingerprint density at radius 1 is 1.50 bits per heavy atom. The molecule has 0 spiro atoms. The number of benzene rings is 1. The minimum Gasteiger partial charge on any atom is -0.504 e. The molecule has 1 aromatic rings. The SMILES string of the molecule is Oc1c(F)cc(I)cc1Cl. The van der Waals surface area contributed by atoms with E-state index in [0.29, 0.717) is 3.57 Å². The Labute approximate surface area is 76.0 Å². The Kier molecular flexibility index (Phi) is 2.36. The van der Waals surface area contributed by atoms with Crippen LogP contribution in [0.15, 0.2) is 12.1 Å². The number of phenols is 1. The van der Waals surface area contributed by atoms with Gasteiger partial charge in [-0.1, -0.05) is 11.6 Å². The Morgan fingerprint density at radius 2 is 2.10 bits per heavy atom. The van der Waals surface area contributed by atoms with Gasteiger partial charge in [0.15, 0.2) is 11.6 Å². The third-order valence-electron chi connectivity index (χ3n) is 0.982. The van der Waals surface area contributed by atoms with E-state index in [1.165, 1.54) is 12.1 Å². The Bertz CT molecular complexity index is 241. The molecule has 0 aromatic heterocycles. The molecule has 0 aliphatic carbocycles. The zero-order valence-corrected chi connectivity index (χ0v) is 7.65. The molecule has 0 amide bonds. The lowest BCUT2D eigenvalue weighted by Crippen LogP contribution is -1.79. The number of phenolic OH excluding ortho intramolecular Hbond substituents is 1. The second kappa shape index (κ2) is 2.92. The second-order valence-electron chi connectivity index (χ2n) is 1.72. The first-order chi connectivity index (χ1) is 4.61. The highest BCUT2D eigenvalue weighted by Crippen LogP contribution is 2.27. The molecule has 0 aliphatic heterocycles. The van der Waals surface area contributed by atoms with Crippen molar-refractivity contribution in [2.24, 2.45) is 0 Å². The fourth-order valence-corrected chi connectivity index (χ4v) is 1.51. The van der Waals surface area contributed by atoms with Gasteiger partial charge in [0.1, 0.15) is 0 Å². The predicted octanol–water partition coefficient (Wildman–Crippen LogP) is 2.79. The first-order valence-corrected chi connectivity index (χ1v) is 3.90. The molecule has 1 N–H and O–H groups in total. The van der Waals surface area contributed by atoms with Gasteiger partial charge in [-0.05, 0) is 34.7 Å². The molecule has 0 fully saturated rings. The summed E-state index contributed by atoms with van der Waals surface area (Å²) in [6, 6.07) is 2.70. The van der Waals surface area contributed by atoms with Crippen LogP contribution >= 0.6 is 34.2 Å². The smallest absolute Gasteiger partial charge is 0.170 e. The highest BCUT2D eigenvalue weighted by atomic mass is 127. The van der Waals surface area contributed by atoms with Gasteiger partial charge in [-0.2, -0.15) is 0 Å². The molecule has 54 valence electrons. The summed E-state index contributed by atoms with van der Waals surface area (Å²) in [5.74, 6) is -1.17. The van der Waals surface area contributed by atoms with E-state index in [-0.39, 0.29) is 5.02 Å². The van der Waals surface area contributed by atoms with Gasteiger partial charge in [-0.25, -0.2) is 4.39 Å². The molecule has 1 aromatic carbocycles. The van der Waals surface area contributed by atoms with Crippen LogP contribution < -0.4 is 0 Å². The molecule has 0 unspecified atom stereocenters. The lowest BCUT2D eigenvalue weighted by atomic mass is 10.3. The van der Waals surface area contributed by atoms with Gasteiger partial charge in [0, 0.05) is 3.57 Å². The van der Waals surface area contributed by atoms with Gasteiger partial charge in [-0.15, -0.1) is 0 Å². The minimum atomic E-state index is -0.683. The fraction of sp³-hybridized carbons (Fsp3) is 0. The van der Waals surface area contributed by atoms with Crippen LogP contribution in [0.25, 0.3) is 0 Å². The number of rotatable bonds is 0. The molecule has 0 bridgehead atoms. The quantitative estimate of drug-likeness (QED) is 0.720. The van der Waals surface area contributed by atoms with E-state index in [2.05, 4.69) is 0 Å². The maximum absolute atomic E-state index is 12.5. The molecule has 0 heterocycles. The van der Waals surface area contributed by atoms with E-state index in [0.717, 1.165) is 0 Å². The molecular weight excluding hydrogens is 269 g/mol. The number of hydrogen-bond donors (Lipinski definition) is 1. The molecule has 1 nitrogen and oxygen atoms in total. The van der Waals surface area contributed by atoms with E-state index in [1.54, 1.807) is 0 Å². The minimum absolute atomic E-state index is 0.0457. The molecule has 1 rings (SSSR count). The van der Waals surface area contributed by atoms with Crippen LogP contribution in [0.4, 0.5) is 4.39 Å². The zero-order chi connectivity index (χ0) is 7.72. The summed E-state index contributed by atoms with van der Waals surface area (Å²) < 4.78 is 13.2. The van der Waals surface area contributed by atoms with Crippen molar-refractivity contribution in [3.05, 3.63) is 26.5 Å². The molecule has 0 saturated heterocycles. The van der Waals surface area contributed by atoms with Gasteiger partial charge in [0.05, 0.1) is 5.02 Å². The third-order valence-corrected chi connectivity index (χ3v) is 1.89. The van der Waals surface area contributed by atoms with Crippen LogP contribution in [0, 0.1) is 9.39 Å². The van der Waals surface area contributed by atoms with Crippen molar-refractivity contribution in [3.63, 3.8) is 0 Å². The largest absolute Gasteiger partial charge is 0.504 e. The van der Waals surface area contributed by atoms with Crippen molar-refractivity contribution in [2.45, 2.75) is 0 Å². The van der Waals surface area contributed by atoms with Crippen molar-refractivity contribution < 1.29 is 9.50 Å². The average Bonchev–Trinajstić information content (AvgIpc) is 1.82. The van der Waals surface area contributed by atoms with E-state index in [1.807, 2.05) is 22.6 Å². The van der Waals surface area contributed by atoms with Crippen LogP contribution in [0.3, 0.4) is 0 Å². The standard InChI is InChI=1S/C6H3ClFIO/c7-4-1-3(9)2-5(8)6(4)10/h1-2,10H. The Balaban J connectivity index is 3.31. The summed E-state index contributed by atoms with van der Waals surface area (Å²) in [4.78, 5) is 0. The molecular formula is C6H3ClFIO. The normalized spacial score (nSPS) is 9.90. The highest BCUT2D eigenvalue weighted by molar-refractivity contribution is 14.1. The molecule has 0 aliphatic rings. The molecule has 0 saturated carbocycles. The predicted molar refractivity (Wildman–Crippen MR) is 45.8 cm³/mol. The topological polar surface area (TPSA) is 20.2 Å². The summed E-state index contributed by atoms with van der Waals surface area (Å²) in [5, 5.41) is 8.87. The van der Waals surface area contributed by atoms with Crippen LogP contribution in [0.2, 0.25) is 5.02 Å². The lowest BCUT2D eigenvalue weighted by molar-refractivity contribution is 0.432. The molecule has 0 radical (unpaired) electrons. The summed E-state index contributed by atoms with van der Waals surface area (Å²) in [6.45, 7) is 0. The summed E-state index contributed by atoms with van der Waals surface area (Å²) in [7, 11) is 0. The second-order valence-corrected chi connectivity index (χ2v) is 3.37. The zero-order valence-electron chi connectivity index (χ0n) is 4.74. The Morgan fingerprint density at radius 3 is 2.60 bits per heavy atom. The van der Waals surface area contributed by atoms with Gasteiger partial charge in [0.25, 0.3) is 0 Å². The van der Waals surface area contributed by atoms with Gasteiger partial charge >= 0.3 is 0 Å². The van der Waals surface area contributed by atoms with Crippen LogP contribution in [-0.4, -0.2) is 5.11 Å². The first kappa shape index (κ1) is 8.07. The summed E-state index contributed by atoms with van der Waals surface area (Å²) in [5.41, 5.74) is 0. The fourth-order valence-electron chi connectivity index (χ4n) is 0.535. The van der Waals surface area contributed by atoms with Gasteiger partial charge < -0.3 is 5.11 Å². The number of hydrogen-bond acceptors (Lipinski definition) is 1. The lowest BCUT2D eigenvalue weighted by Gasteiger charge is -1.97. The van der Waals surface area contributed by atoms with Crippen molar-refractivity contribution in [3.8, 4) is 5.75 Å². The van der Waals surface area contributed by atoms with E-state index in [4.69, 9.17) is 16.7 Å². The molecule has 10 heavy (non-hydrogen) atoms. The maximum atomic E-state index is 12.5. The molecule has 0 atom stereocenters. The van der Waals surface area contributed by atoms with Crippen LogP contribution in [0.5, 0.6) is 5.75 Å². The van der Waals surface area contributed by atoms with Crippen molar-refractivity contribution >= 4 is 34.2 Å². The van der Waals surface area contributed by atoms with Gasteiger partial charge in [-0.3, -0.25) is 0 Å². The molecule has 4 heteroatoms. The number of aromatic hydroxyl groups is 1. The number of halogens is 3. The van der Waals surface area contributed by atoms with Crippen LogP contribution in [0.1, 0.15) is 0 Å². The monoisotopic (exact) mass is 272 g/mol. The van der Waals surface area contributed by atoms with Crippen molar-refractivity contribution in [1.29, 1.82) is 0 Å². The third kappa shape index (κ3) is 1.52. The van der Waals surface area contributed by atoms with E-state index in [9.17, 15) is 4.39 Å².